The Morgan fingerprint density at radius 2 is 1.30 bits per heavy atom. The van der Waals surface area contributed by atoms with Gasteiger partial charge in [0.1, 0.15) is 0 Å². The highest BCUT2D eigenvalue weighted by atomic mass is 16.3. The van der Waals surface area contributed by atoms with Crippen LogP contribution < -0.4 is 5.32 Å². The van der Waals surface area contributed by atoms with Crippen LogP contribution in [0.15, 0.2) is 11.3 Å². The van der Waals surface area contributed by atoms with Gasteiger partial charge < -0.3 is 5.11 Å². The molecule has 0 saturated carbocycles. The lowest BCUT2D eigenvalue weighted by Crippen LogP contribution is -2.23. The largest absolute Gasteiger partial charge is 0.503 e. The summed E-state index contributed by atoms with van der Waals surface area (Å²) in [6.07, 6.45) is 12.8. The molecule has 20 heavy (non-hydrogen) atoms. The van der Waals surface area contributed by atoms with Gasteiger partial charge in [0.25, 0.3) is 11.8 Å². The first-order valence-electron chi connectivity index (χ1n) is 7.94. The Hall–Kier alpha value is -1.32. The van der Waals surface area contributed by atoms with E-state index in [9.17, 15) is 14.7 Å². The number of amides is 2. The fourth-order valence-electron chi connectivity index (χ4n) is 2.50. The highest BCUT2D eigenvalue weighted by Gasteiger charge is 2.28. The van der Waals surface area contributed by atoms with E-state index in [0.717, 1.165) is 19.3 Å². The number of aliphatic hydroxyl groups is 1. The highest BCUT2D eigenvalue weighted by Crippen LogP contribution is 2.18. The molecule has 0 atom stereocenters. The number of aliphatic hydroxyl groups excluding tert-OH is 1. The summed E-state index contributed by atoms with van der Waals surface area (Å²) in [4.78, 5) is 22.4. The maximum Gasteiger partial charge on any atom is 0.293 e. The average molecular weight is 281 g/mol. The second-order valence-corrected chi connectivity index (χ2v) is 5.54. The fourth-order valence-corrected chi connectivity index (χ4v) is 2.50. The lowest BCUT2D eigenvalue weighted by Gasteiger charge is -2.02. The Balaban J connectivity index is 1.98. The number of hydrogen-bond acceptors (Lipinski definition) is 3. The Labute approximate surface area is 121 Å². The summed E-state index contributed by atoms with van der Waals surface area (Å²) in [7, 11) is 0. The molecule has 0 aliphatic carbocycles. The molecule has 1 aliphatic rings. The van der Waals surface area contributed by atoms with Crippen LogP contribution in [0.25, 0.3) is 0 Å². The highest BCUT2D eigenvalue weighted by molar-refractivity contribution is 6.18. The van der Waals surface area contributed by atoms with Crippen LogP contribution in [0.3, 0.4) is 0 Å². The molecule has 0 radical (unpaired) electrons. The van der Waals surface area contributed by atoms with Gasteiger partial charge in [0.15, 0.2) is 5.76 Å². The standard InChI is InChI=1S/C16H27NO3/c1-2-3-4-5-6-7-8-9-10-11-12-13-14(18)16(20)17-15(13)19/h2-12H2,1H3,(H2,17,18,19,20). The van der Waals surface area contributed by atoms with E-state index >= 15 is 0 Å². The molecular formula is C16H27NO3. The quantitative estimate of drug-likeness (QED) is 0.447. The van der Waals surface area contributed by atoms with Gasteiger partial charge in [-0.2, -0.15) is 0 Å². The molecule has 0 aromatic rings. The molecule has 1 heterocycles. The fraction of sp³-hybridized carbons (Fsp3) is 0.750. The number of rotatable bonds is 11. The van der Waals surface area contributed by atoms with Gasteiger partial charge in [-0.25, -0.2) is 0 Å². The molecule has 2 amide bonds. The van der Waals surface area contributed by atoms with Crippen LogP contribution in [0, 0.1) is 0 Å². The number of carbonyl (C=O) groups excluding carboxylic acids is 2. The molecule has 4 nitrogen and oxygen atoms in total. The third-order valence-electron chi connectivity index (χ3n) is 3.78. The first-order chi connectivity index (χ1) is 9.66. The molecule has 0 aromatic carbocycles. The van der Waals surface area contributed by atoms with Crippen molar-refractivity contribution in [3.05, 3.63) is 11.3 Å². The van der Waals surface area contributed by atoms with E-state index in [-0.39, 0.29) is 11.3 Å². The summed E-state index contributed by atoms with van der Waals surface area (Å²) in [5, 5.41) is 11.5. The van der Waals surface area contributed by atoms with E-state index in [2.05, 4.69) is 12.2 Å². The van der Waals surface area contributed by atoms with Crippen LogP contribution in [0.1, 0.15) is 77.6 Å². The molecular weight excluding hydrogens is 254 g/mol. The van der Waals surface area contributed by atoms with Gasteiger partial charge in [0.2, 0.25) is 0 Å². The van der Waals surface area contributed by atoms with Gasteiger partial charge in [0.05, 0.1) is 5.57 Å². The molecule has 1 rings (SSSR count). The van der Waals surface area contributed by atoms with Crippen molar-refractivity contribution in [2.24, 2.45) is 0 Å². The van der Waals surface area contributed by atoms with E-state index in [4.69, 9.17) is 0 Å². The smallest absolute Gasteiger partial charge is 0.293 e. The third kappa shape index (κ3) is 5.76. The molecule has 0 spiro atoms. The summed E-state index contributed by atoms with van der Waals surface area (Å²) in [6.45, 7) is 2.23. The Morgan fingerprint density at radius 1 is 0.800 bits per heavy atom. The van der Waals surface area contributed by atoms with Crippen molar-refractivity contribution < 1.29 is 14.7 Å². The van der Waals surface area contributed by atoms with Crippen molar-refractivity contribution >= 4 is 11.8 Å². The first-order valence-corrected chi connectivity index (χ1v) is 7.94. The number of unbranched alkanes of at least 4 members (excludes halogenated alkanes) is 9. The van der Waals surface area contributed by atoms with E-state index < -0.39 is 11.8 Å². The first kappa shape index (κ1) is 16.7. The van der Waals surface area contributed by atoms with Crippen LogP contribution >= 0.6 is 0 Å². The number of imide groups is 1. The summed E-state index contributed by atoms with van der Waals surface area (Å²) < 4.78 is 0. The predicted molar refractivity (Wildman–Crippen MR) is 79.3 cm³/mol. The summed E-state index contributed by atoms with van der Waals surface area (Å²) >= 11 is 0. The number of carbonyl (C=O) groups is 2. The second kappa shape index (κ2) is 9.56. The molecule has 0 aromatic heterocycles. The molecule has 114 valence electrons. The molecule has 1 aliphatic heterocycles. The maximum atomic E-state index is 11.3. The summed E-state index contributed by atoms with van der Waals surface area (Å²) in [6, 6.07) is 0. The van der Waals surface area contributed by atoms with Crippen LogP contribution in [0.2, 0.25) is 0 Å². The second-order valence-electron chi connectivity index (χ2n) is 5.54. The zero-order valence-electron chi connectivity index (χ0n) is 12.5. The molecule has 0 saturated heterocycles. The molecule has 0 bridgehead atoms. The third-order valence-corrected chi connectivity index (χ3v) is 3.78. The van der Waals surface area contributed by atoms with E-state index in [0.29, 0.717) is 6.42 Å². The van der Waals surface area contributed by atoms with E-state index in [1.54, 1.807) is 0 Å². The normalized spacial score (nSPS) is 15.1. The molecule has 4 heteroatoms. The van der Waals surface area contributed by atoms with Gasteiger partial charge in [-0.1, -0.05) is 64.7 Å². The van der Waals surface area contributed by atoms with Gasteiger partial charge in [0, 0.05) is 0 Å². The van der Waals surface area contributed by atoms with Crippen molar-refractivity contribution in [2.75, 3.05) is 0 Å². The molecule has 2 N–H and O–H groups in total. The number of nitrogens with one attached hydrogen (secondary N) is 1. The lowest BCUT2D eigenvalue weighted by molar-refractivity contribution is -0.125. The van der Waals surface area contributed by atoms with Crippen molar-refractivity contribution in [1.29, 1.82) is 0 Å². The van der Waals surface area contributed by atoms with E-state index in [1.165, 1.54) is 44.9 Å². The predicted octanol–water partition coefficient (Wildman–Crippen LogP) is 3.77. The minimum Gasteiger partial charge on any atom is -0.503 e. The Bertz CT molecular complexity index is 361. The van der Waals surface area contributed by atoms with Crippen LogP contribution in [0.5, 0.6) is 0 Å². The summed E-state index contributed by atoms with van der Waals surface area (Å²) in [5.41, 5.74) is 0.259. The van der Waals surface area contributed by atoms with Gasteiger partial charge in [-0.15, -0.1) is 0 Å². The van der Waals surface area contributed by atoms with Crippen molar-refractivity contribution in [2.45, 2.75) is 77.6 Å². The van der Waals surface area contributed by atoms with Crippen LogP contribution in [-0.2, 0) is 9.59 Å². The SMILES string of the molecule is CCCCCCCCCCCCC1=C(O)C(=O)NC1=O. The minimum atomic E-state index is -0.655. The zero-order chi connectivity index (χ0) is 14.8. The molecule has 0 fully saturated rings. The topological polar surface area (TPSA) is 66.4 Å². The van der Waals surface area contributed by atoms with Crippen molar-refractivity contribution in [1.82, 2.24) is 5.32 Å². The van der Waals surface area contributed by atoms with Crippen molar-refractivity contribution in [3.63, 3.8) is 0 Å². The van der Waals surface area contributed by atoms with Crippen LogP contribution in [0.4, 0.5) is 0 Å². The molecule has 0 unspecified atom stereocenters. The van der Waals surface area contributed by atoms with E-state index in [1.807, 2.05) is 0 Å². The monoisotopic (exact) mass is 281 g/mol. The van der Waals surface area contributed by atoms with Gasteiger partial charge in [-0.05, 0) is 12.8 Å². The zero-order valence-corrected chi connectivity index (χ0v) is 12.5. The van der Waals surface area contributed by atoms with Crippen LogP contribution in [-0.4, -0.2) is 16.9 Å². The number of hydrogen-bond donors (Lipinski definition) is 2. The van der Waals surface area contributed by atoms with Gasteiger partial charge in [-0.3, -0.25) is 14.9 Å². The maximum absolute atomic E-state index is 11.3. The lowest BCUT2D eigenvalue weighted by atomic mass is 10.0. The van der Waals surface area contributed by atoms with Gasteiger partial charge >= 0.3 is 0 Å². The van der Waals surface area contributed by atoms with Crippen molar-refractivity contribution in [3.8, 4) is 0 Å². The Morgan fingerprint density at radius 3 is 1.75 bits per heavy atom. The minimum absolute atomic E-state index is 0.259. The summed E-state index contributed by atoms with van der Waals surface area (Å²) in [5.74, 6) is -1.47. The average Bonchev–Trinajstić information content (AvgIpc) is 2.67. The Kier molecular flexibility index (Phi) is 8.00.